The van der Waals surface area contributed by atoms with E-state index in [4.69, 9.17) is 11.6 Å². The second kappa shape index (κ2) is 6.95. The van der Waals surface area contributed by atoms with Crippen LogP contribution in [0.5, 0.6) is 0 Å². The Morgan fingerprint density at radius 1 is 1.37 bits per heavy atom. The van der Waals surface area contributed by atoms with Crippen LogP contribution < -0.4 is 5.32 Å². The molecule has 19 heavy (non-hydrogen) atoms. The molecule has 1 aliphatic carbocycles. The van der Waals surface area contributed by atoms with Gasteiger partial charge >= 0.3 is 0 Å². The molecule has 1 fully saturated rings. The zero-order valence-corrected chi connectivity index (χ0v) is 12.2. The fourth-order valence-corrected chi connectivity index (χ4v) is 3.04. The molecular weight excluding hydrogens is 258 g/mol. The lowest BCUT2D eigenvalue weighted by molar-refractivity contribution is -0.122. The Hall–Kier alpha value is -1.02. The van der Waals surface area contributed by atoms with Crippen LogP contribution in [0.4, 0.5) is 0 Å². The molecule has 0 aliphatic heterocycles. The number of halogens is 1. The van der Waals surface area contributed by atoms with Crippen LogP contribution in [0.3, 0.4) is 0 Å². The maximum atomic E-state index is 11.9. The van der Waals surface area contributed by atoms with E-state index in [-0.39, 0.29) is 5.91 Å². The van der Waals surface area contributed by atoms with Gasteiger partial charge < -0.3 is 5.32 Å². The van der Waals surface area contributed by atoms with Gasteiger partial charge in [0.1, 0.15) is 0 Å². The summed E-state index contributed by atoms with van der Waals surface area (Å²) in [5.74, 6) is 0.890. The summed E-state index contributed by atoms with van der Waals surface area (Å²) in [5.41, 5.74) is 1.05. The summed E-state index contributed by atoms with van der Waals surface area (Å²) in [6.07, 6.45) is 6.02. The molecule has 1 aromatic rings. The van der Waals surface area contributed by atoms with Gasteiger partial charge in [-0.1, -0.05) is 49.6 Å². The highest BCUT2D eigenvalue weighted by Crippen LogP contribution is 2.23. The van der Waals surface area contributed by atoms with Crippen molar-refractivity contribution in [2.75, 3.05) is 0 Å². The highest BCUT2D eigenvalue weighted by atomic mass is 35.5. The molecular formula is C16H22ClNO. The summed E-state index contributed by atoms with van der Waals surface area (Å²) < 4.78 is 0. The van der Waals surface area contributed by atoms with Crippen molar-refractivity contribution >= 4 is 17.5 Å². The molecule has 2 nitrogen and oxygen atoms in total. The number of carbonyl (C=O) groups is 1. The standard InChI is InChI=1S/C16H22ClNO/c1-12-5-4-7-14(11-12)18-16(19)10-9-13-6-2-3-8-15(13)17/h2-3,6,8,12,14H,4-5,7,9-11H2,1H3,(H,18,19). The average Bonchev–Trinajstić information content (AvgIpc) is 2.38. The Morgan fingerprint density at radius 2 is 2.16 bits per heavy atom. The Balaban J connectivity index is 1.77. The van der Waals surface area contributed by atoms with Gasteiger partial charge in [-0.2, -0.15) is 0 Å². The monoisotopic (exact) mass is 279 g/mol. The highest BCUT2D eigenvalue weighted by molar-refractivity contribution is 6.31. The lowest BCUT2D eigenvalue weighted by Gasteiger charge is -2.27. The topological polar surface area (TPSA) is 29.1 Å². The first-order valence-corrected chi connectivity index (χ1v) is 7.55. The zero-order valence-electron chi connectivity index (χ0n) is 11.5. The summed E-state index contributed by atoms with van der Waals surface area (Å²) in [6.45, 7) is 2.27. The van der Waals surface area contributed by atoms with Crippen molar-refractivity contribution in [1.82, 2.24) is 5.32 Å². The zero-order chi connectivity index (χ0) is 13.7. The van der Waals surface area contributed by atoms with Crippen LogP contribution in [-0.4, -0.2) is 11.9 Å². The molecule has 1 saturated carbocycles. The normalized spacial score (nSPS) is 23.1. The first-order chi connectivity index (χ1) is 9.15. The Bertz CT molecular complexity index is 433. The number of hydrogen-bond donors (Lipinski definition) is 1. The molecule has 0 spiro atoms. The van der Waals surface area contributed by atoms with E-state index in [2.05, 4.69) is 12.2 Å². The fraction of sp³-hybridized carbons (Fsp3) is 0.562. The van der Waals surface area contributed by atoms with Gasteiger partial charge in [0, 0.05) is 17.5 Å². The van der Waals surface area contributed by atoms with Crippen molar-refractivity contribution in [3.05, 3.63) is 34.9 Å². The van der Waals surface area contributed by atoms with Crippen molar-refractivity contribution < 1.29 is 4.79 Å². The van der Waals surface area contributed by atoms with Crippen LogP contribution >= 0.6 is 11.6 Å². The second-order valence-corrected chi connectivity index (χ2v) is 6.03. The molecule has 2 rings (SSSR count). The molecule has 1 aliphatic rings. The molecule has 0 bridgehead atoms. The van der Waals surface area contributed by atoms with Crippen molar-refractivity contribution in [2.45, 2.75) is 51.5 Å². The SMILES string of the molecule is CC1CCCC(NC(=O)CCc2ccccc2Cl)C1. The van der Waals surface area contributed by atoms with E-state index < -0.39 is 0 Å². The number of benzene rings is 1. The van der Waals surface area contributed by atoms with E-state index in [1.165, 1.54) is 12.8 Å². The predicted octanol–water partition coefficient (Wildman–Crippen LogP) is 3.97. The molecule has 0 saturated heterocycles. The van der Waals surface area contributed by atoms with Crippen LogP contribution in [0, 0.1) is 5.92 Å². The maximum absolute atomic E-state index is 11.9. The van der Waals surface area contributed by atoms with Crippen LogP contribution in [-0.2, 0) is 11.2 Å². The second-order valence-electron chi connectivity index (χ2n) is 5.63. The number of rotatable bonds is 4. The number of carbonyl (C=O) groups excluding carboxylic acids is 1. The van der Waals surface area contributed by atoms with E-state index in [0.29, 0.717) is 18.9 Å². The number of hydrogen-bond acceptors (Lipinski definition) is 1. The van der Waals surface area contributed by atoms with Gasteiger partial charge in [0.2, 0.25) is 5.91 Å². The van der Waals surface area contributed by atoms with E-state index in [9.17, 15) is 4.79 Å². The van der Waals surface area contributed by atoms with Gasteiger partial charge in [0.05, 0.1) is 0 Å². The van der Waals surface area contributed by atoms with Gasteiger partial charge in [-0.05, 0) is 36.8 Å². The predicted molar refractivity (Wildman–Crippen MR) is 79.3 cm³/mol. The first-order valence-electron chi connectivity index (χ1n) is 7.18. The minimum absolute atomic E-state index is 0.152. The molecule has 1 N–H and O–H groups in total. The van der Waals surface area contributed by atoms with Gasteiger partial charge in [-0.15, -0.1) is 0 Å². The van der Waals surface area contributed by atoms with Crippen LogP contribution in [0.15, 0.2) is 24.3 Å². The summed E-state index contributed by atoms with van der Waals surface area (Å²) in [7, 11) is 0. The molecule has 0 heterocycles. The third kappa shape index (κ3) is 4.54. The fourth-order valence-electron chi connectivity index (χ4n) is 2.81. The van der Waals surface area contributed by atoms with E-state index in [1.807, 2.05) is 24.3 Å². The number of nitrogens with one attached hydrogen (secondary N) is 1. The molecule has 1 amide bonds. The third-order valence-electron chi connectivity index (χ3n) is 3.88. The third-order valence-corrected chi connectivity index (χ3v) is 4.25. The van der Waals surface area contributed by atoms with E-state index >= 15 is 0 Å². The Morgan fingerprint density at radius 3 is 2.89 bits per heavy atom. The van der Waals surface area contributed by atoms with Crippen molar-refractivity contribution in [3.8, 4) is 0 Å². The highest BCUT2D eigenvalue weighted by Gasteiger charge is 2.20. The largest absolute Gasteiger partial charge is 0.353 e. The van der Waals surface area contributed by atoms with E-state index in [0.717, 1.165) is 29.3 Å². The Labute approximate surface area is 120 Å². The summed E-state index contributed by atoms with van der Waals surface area (Å²) in [5, 5.41) is 3.91. The number of aryl methyl sites for hydroxylation is 1. The molecule has 2 atom stereocenters. The number of amides is 1. The van der Waals surface area contributed by atoms with Gasteiger partial charge in [0.15, 0.2) is 0 Å². The van der Waals surface area contributed by atoms with Crippen LogP contribution in [0.1, 0.15) is 44.6 Å². The van der Waals surface area contributed by atoms with Crippen LogP contribution in [0.25, 0.3) is 0 Å². The quantitative estimate of drug-likeness (QED) is 0.888. The average molecular weight is 280 g/mol. The van der Waals surface area contributed by atoms with Crippen molar-refractivity contribution in [3.63, 3.8) is 0 Å². The van der Waals surface area contributed by atoms with Gasteiger partial charge in [-0.25, -0.2) is 0 Å². The van der Waals surface area contributed by atoms with Crippen molar-refractivity contribution in [2.24, 2.45) is 5.92 Å². The minimum atomic E-state index is 0.152. The molecule has 0 radical (unpaired) electrons. The van der Waals surface area contributed by atoms with Crippen molar-refractivity contribution in [1.29, 1.82) is 0 Å². The van der Waals surface area contributed by atoms with Gasteiger partial charge in [-0.3, -0.25) is 4.79 Å². The lowest BCUT2D eigenvalue weighted by atomic mass is 9.87. The summed E-state index contributed by atoms with van der Waals surface area (Å²) in [4.78, 5) is 11.9. The van der Waals surface area contributed by atoms with Crippen LogP contribution in [0.2, 0.25) is 5.02 Å². The Kier molecular flexibility index (Phi) is 5.26. The summed E-state index contributed by atoms with van der Waals surface area (Å²) >= 11 is 6.09. The maximum Gasteiger partial charge on any atom is 0.220 e. The van der Waals surface area contributed by atoms with E-state index in [1.54, 1.807) is 0 Å². The molecule has 0 aromatic heterocycles. The summed E-state index contributed by atoms with van der Waals surface area (Å²) in [6, 6.07) is 8.11. The lowest BCUT2D eigenvalue weighted by Crippen LogP contribution is -2.38. The minimum Gasteiger partial charge on any atom is -0.353 e. The molecule has 104 valence electrons. The molecule has 1 aromatic carbocycles. The van der Waals surface area contributed by atoms with Gasteiger partial charge in [0.25, 0.3) is 0 Å². The smallest absolute Gasteiger partial charge is 0.220 e. The molecule has 3 heteroatoms. The first kappa shape index (κ1) is 14.4. The molecule has 2 unspecified atom stereocenters.